The second-order valence-electron chi connectivity index (χ2n) is 4.27. The highest BCUT2D eigenvalue weighted by atomic mass is 16.1. The Morgan fingerprint density at radius 3 is 2.38 bits per heavy atom. The van der Waals surface area contributed by atoms with E-state index in [4.69, 9.17) is 0 Å². The molecule has 0 aliphatic carbocycles. The van der Waals surface area contributed by atoms with Crippen LogP contribution >= 0.6 is 0 Å². The maximum atomic E-state index is 11.1. The second kappa shape index (κ2) is 4.97. The van der Waals surface area contributed by atoms with E-state index in [1.165, 1.54) is 0 Å². The number of carbonyl (C=O) groups is 1. The molecule has 0 saturated heterocycles. The van der Waals surface area contributed by atoms with Crippen molar-refractivity contribution in [3.05, 3.63) is 34.0 Å². The molecule has 0 spiro atoms. The van der Waals surface area contributed by atoms with E-state index in [0.717, 1.165) is 45.7 Å². The van der Waals surface area contributed by atoms with Crippen molar-refractivity contribution in [3.63, 3.8) is 0 Å². The first-order valence-electron chi connectivity index (χ1n) is 5.52. The van der Waals surface area contributed by atoms with Crippen molar-refractivity contribution < 1.29 is 4.79 Å². The minimum absolute atomic E-state index is 0.787. The number of H-pyrrole nitrogens is 1. The molecule has 1 N–H and O–H groups in total. The monoisotopic (exact) mass is 217 g/mol. The van der Waals surface area contributed by atoms with Gasteiger partial charge in [0, 0.05) is 21.8 Å². The minimum Gasteiger partial charge on any atom is -0.358 e. The molecule has 0 fully saturated rings. The van der Waals surface area contributed by atoms with Crippen LogP contribution in [0.5, 0.6) is 0 Å². The van der Waals surface area contributed by atoms with Crippen molar-refractivity contribution in [3.8, 4) is 0 Å². The summed E-state index contributed by atoms with van der Waals surface area (Å²) in [5, 5.41) is 2.02. The number of aromatic amines is 1. The number of aromatic nitrogens is 1. The van der Waals surface area contributed by atoms with Crippen molar-refractivity contribution in [2.75, 3.05) is 0 Å². The van der Waals surface area contributed by atoms with Crippen LogP contribution in [0.25, 0.3) is 11.6 Å². The van der Waals surface area contributed by atoms with Crippen LogP contribution in [0.3, 0.4) is 0 Å². The Hall–Kier alpha value is -1.57. The van der Waals surface area contributed by atoms with E-state index >= 15 is 0 Å². The van der Waals surface area contributed by atoms with Gasteiger partial charge in [-0.3, -0.25) is 4.79 Å². The highest BCUT2D eigenvalue weighted by Crippen LogP contribution is 1.99. The second-order valence-corrected chi connectivity index (χ2v) is 4.27. The van der Waals surface area contributed by atoms with Crippen molar-refractivity contribution in [2.45, 2.75) is 34.1 Å². The number of nitrogens with one attached hydrogen (secondary N) is 1. The standard InChI is InChI=1S/C14H19NO/c1-6-12-11(8-16)14(10(4)5)13(15-12)7-9(2)3/h7-8,15H,2,6H2,1,3-5H3/b13-7+. The Kier molecular flexibility index (Phi) is 3.88. The molecule has 2 heteroatoms. The number of aldehydes is 1. The largest absolute Gasteiger partial charge is 0.358 e. The zero-order valence-electron chi connectivity index (χ0n) is 10.5. The third-order valence-electron chi connectivity index (χ3n) is 2.51. The fraction of sp³-hybridized carbons (Fsp3) is 0.357. The Balaban J connectivity index is 3.79. The van der Waals surface area contributed by atoms with Crippen LogP contribution in [0.1, 0.15) is 43.7 Å². The molecule has 0 amide bonds. The molecule has 1 aromatic heterocycles. The molecule has 2 nitrogen and oxygen atoms in total. The van der Waals surface area contributed by atoms with Gasteiger partial charge in [0.25, 0.3) is 0 Å². The van der Waals surface area contributed by atoms with Gasteiger partial charge in [0.2, 0.25) is 0 Å². The molecule has 0 bridgehead atoms. The van der Waals surface area contributed by atoms with Crippen LogP contribution in [-0.4, -0.2) is 11.3 Å². The van der Waals surface area contributed by atoms with Gasteiger partial charge >= 0.3 is 0 Å². The van der Waals surface area contributed by atoms with Crippen LogP contribution in [-0.2, 0) is 6.42 Å². The van der Waals surface area contributed by atoms with E-state index in [2.05, 4.69) is 11.6 Å². The van der Waals surface area contributed by atoms with E-state index in [1.807, 2.05) is 33.8 Å². The number of aryl methyl sites for hydroxylation is 1. The Morgan fingerprint density at radius 2 is 2.00 bits per heavy atom. The van der Waals surface area contributed by atoms with Crippen molar-refractivity contribution >= 4 is 17.9 Å². The molecule has 0 unspecified atom stereocenters. The molecule has 0 aliphatic heterocycles. The molecule has 0 atom stereocenters. The van der Waals surface area contributed by atoms with Gasteiger partial charge in [0.15, 0.2) is 6.29 Å². The third kappa shape index (κ3) is 2.32. The van der Waals surface area contributed by atoms with Crippen LogP contribution in [0.4, 0.5) is 0 Å². The van der Waals surface area contributed by atoms with Gasteiger partial charge in [0.05, 0.1) is 0 Å². The zero-order chi connectivity index (χ0) is 12.3. The number of carbonyl (C=O) groups excluding carboxylic acids is 1. The molecule has 0 saturated carbocycles. The van der Waals surface area contributed by atoms with E-state index in [1.54, 1.807) is 0 Å². The number of hydrogen-bond acceptors (Lipinski definition) is 1. The van der Waals surface area contributed by atoms with Gasteiger partial charge in [0.1, 0.15) is 0 Å². The lowest BCUT2D eigenvalue weighted by molar-refractivity contribution is 0.112. The molecule has 0 aromatic carbocycles. The first-order chi connectivity index (χ1) is 7.51. The summed E-state index contributed by atoms with van der Waals surface area (Å²) in [4.78, 5) is 14.4. The molecule has 86 valence electrons. The van der Waals surface area contributed by atoms with Gasteiger partial charge in [-0.15, -0.1) is 0 Å². The molecule has 0 aliphatic rings. The normalized spacial score (nSPS) is 11.6. The quantitative estimate of drug-likeness (QED) is 0.771. The summed E-state index contributed by atoms with van der Waals surface area (Å²) in [6.45, 7) is 11.9. The molecular formula is C14H19NO. The predicted molar refractivity (Wildman–Crippen MR) is 68.8 cm³/mol. The maximum absolute atomic E-state index is 11.1. The van der Waals surface area contributed by atoms with Crippen LogP contribution in [0, 0.1) is 0 Å². The topological polar surface area (TPSA) is 32.9 Å². The summed E-state index contributed by atoms with van der Waals surface area (Å²) in [6, 6.07) is 0. The summed E-state index contributed by atoms with van der Waals surface area (Å²) in [6.07, 6.45) is 3.75. The predicted octanol–water partition coefficient (Wildman–Crippen LogP) is 1.94. The molecule has 1 aromatic rings. The fourth-order valence-corrected chi connectivity index (χ4v) is 1.89. The Bertz CT molecular complexity index is 528. The number of hydrogen-bond donors (Lipinski definition) is 1. The Labute approximate surface area is 96.4 Å². The first kappa shape index (κ1) is 12.5. The molecule has 16 heavy (non-hydrogen) atoms. The van der Waals surface area contributed by atoms with E-state index in [-0.39, 0.29) is 0 Å². The molecule has 0 radical (unpaired) electrons. The van der Waals surface area contributed by atoms with Crippen molar-refractivity contribution in [2.24, 2.45) is 0 Å². The third-order valence-corrected chi connectivity index (χ3v) is 2.51. The van der Waals surface area contributed by atoms with E-state index < -0.39 is 0 Å². The van der Waals surface area contributed by atoms with E-state index in [9.17, 15) is 4.79 Å². The summed E-state index contributed by atoms with van der Waals surface area (Å²) < 4.78 is 0. The summed E-state index contributed by atoms with van der Waals surface area (Å²) in [7, 11) is 0. The smallest absolute Gasteiger partial charge is 0.152 e. The Morgan fingerprint density at radius 1 is 1.38 bits per heavy atom. The fourth-order valence-electron chi connectivity index (χ4n) is 1.89. The zero-order valence-corrected chi connectivity index (χ0v) is 10.5. The van der Waals surface area contributed by atoms with Gasteiger partial charge in [-0.2, -0.15) is 0 Å². The minimum atomic E-state index is 0.787. The van der Waals surface area contributed by atoms with Crippen LogP contribution in [0.15, 0.2) is 12.2 Å². The van der Waals surface area contributed by atoms with Gasteiger partial charge in [-0.25, -0.2) is 0 Å². The van der Waals surface area contributed by atoms with Gasteiger partial charge in [-0.1, -0.05) is 24.6 Å². The first-order valence-corrected chi connectivity index (χ1v) is 5.52. The lowest BCUT2D eigenvalue weighted by Gasteiger charge is -1.92. The summed E-state index contributed by atoms with van der Waals surface area (Å²) in [5.74, 6) is 0. The average molecular weight is 217 g/mol. The van der Waals surface area contributed by atoms with Gasteiger partial charge < -0.3 is 4.98 Å². The molecule has 1 rings (SSSR count). The van der Waals surface area contributed by atoms with E-state index in [0.29, 0.717) is 0 Å². The lowest BCUT2D eigenvalue weighted by Crippen LogP contribution is -2.26. The number of rotatable bonds is 3. The maximum Gasteiger partial charge on any atom is 0.152 e. The lowest BCUT2D eigenvalue weighted by atomic mass is 10.1. The molecular weight excluding hydrogens is 198 g/mol. The van der Waals surface area contributed by atoms with Crippen molar-refractivity contribution in [1.82, 2.24) is 4.98 Å². The summed E-state index contributed by atoms with van der Waals surface area (Å²) in [5.41, 5.74) is 3.91. The van der Waals surface area contributed by atoms with Crippen LogP contribution in [0.2, 0.25) is 0 Å². The highest BCUT2D eigenvalue weighted by Gasteiger charge is 2.06. The highest BCUT2D eigenvalue weighted by molar-refractivity contribution is 5.79. The van der Waals surface area contributed by atoms with Crippen molar-refractivity contribution in [1.29, 1.82) is 0 Å². The van der Waals surface area contributed by atoms with Gasteiger partial charge in [-0.05, 0) is 33.3 Å². The number of allylic oxidation sites excluding steroid dienone is 1. The van der Waals surface area contributed by atoms with Crippen LogP contribution < -0.4 is 10.6 Å². The molecule has 1 heterocycles. The summed E-state index contributed by atoms with van der Waals surface area (Å²) >= 11 is 0. The average Bonchev–Trinajstić information content (AvgIpc) is 2.54. The SMILES string of the molecule is C=C(C)/C=c1/[nH]c(CC)c(C=O)c1=C(C)C.